The van der Waals surface area contributed by atoms with E-state index in [0.29, 0.717) is 5.78 Å². The van der Waals surface area contributed by atoms with Crippen molar-refractivity contribution in [1.82, 2.24) is 0 Å². The number of rotatable bonds is 0. The molecular formula is C18H24O2. The molecule has 0 unspecified atom stereocenters. The van der Waals surface area contributed by atoms with E-state index >= 15 is 0 Å². The van der Waals surface area contributed by atoms with Gasteiger partial charge in [-0.25, -0.2) is 0 Å². The van der Waals surface area contributed by atoms with Crippen LogP contribution in [-0.4, -0.2) is 11.6 Å². The minimum Gasteiger partial charge on any atom is -0.298 e. The standard InChI is InChI=1S/C18H24O2/c1-10-9-12-13(17(4,5)14(10)19)11-7-8-18(12,6)15(20)16(11,2)3/h7-9,11-13H,1-6H3/t11-,12+,13+,18+/m0/s1. The van der Waals surface area contributed by atoms with E-state index in [4.69, 9.17) is 0 Å². The molecule has 4 aliphatic rings. The molecule has 4 aliphatic carbocycles. The molecule has 4 atom stereocenters. The molecule has 108 valence electrons. The van der Waals surface area contributed by atoms with Crippen molar-refractivity contribution < 1.29 is 9.59 Å². The van der Waals surface area contributed by atoms with E-state index in [0.717, 1.165) is 5.57 Å². The Labute approximate surface area is 121 Å². The maximum atomic E-state index is 12.9. The van der Waals surface area contributed by atoms with E-state index in [9.17, 15) is 9.59 Å². The van der Waals surface area contributed by atoms with Crippen LogP contribution in [0.5, 0.6) is 0 Å². The molecule has 0 N–H and O–H groups in total. The van der Waals surface area contributed by atoms with Gasteiger partial charge < -0.3 is 0 Å². The fourth-order valence-corrected chi connectivity index (χ4v) is 5.07. The smallest absolute Gasteiger partial charge is 0.164 e. The van der Waals surface area contributed by atoms with Gasteiger partial charge in [0.2, 0.25) is 0 Å². The van der Waals surface area contributed by atoms with E-state index in [-0.39, 0.29) is 29.0 Å². The molecule has 0 saturated heterocycles. The summed E-state index contributed by atoms with van der Waals surface area (Å²) in [5.74, 6) is 1.11. The Hall–Kier alpha value is -1.18. The average molecular weight is 272 g/mol. The molecule has 2 heteroatoms. The van der Waals surface area contributed by atoms with Crippen molar-refractivity contribution in [3.05, 3.63) is 23.8 Å². The normalized spacial score (nSPS) is 44.3. The summed E-state index contributed by atoms with van der Waals surface area (Å²) in [6, 6.07) is 0. The van der Waals surface area contributed by atoms with Gasteiger partial charge in [0.15, 0.2) is 5.78 Å². The second-order valence-electron chi connectivity index (χ2n) is 8.17. The number of carbonyl (C=O) groups is 2. The molecule has 4 rings (SSSR count). The highest BCUT2D eigenvalue weighted by atomic mass is 16.1. The zero-order valence-electron chi connectivity index (χ0n) is 13.3. The number of hydrogen-bond acceptors (Lipinski definition) is 2. The lowest BCUT2D eigenvalue weighted by molar-refractivity contribution is -0.160. The first-order valence-electron chi connectivity index (χ1n) is 7.52. The van der Waals surface area contributed by atoms with Crippen LogP contribution in [0.15, 0.2) is 23.8 Å². The summed E-state index contributed by atoms with van der Waals surface area (Å²) in [5.41, 5.74) is -0.397. The third kappa shape index (κ3) is 1.30. The van der Waals surface area contributed by atoms with Crippen molar-refractivity contribution in [2.45, 2.75) is 41.5 Å². The molecule has 0 aliphatic heterocycles. The Kier molecular flexibility index (Phi) is 2.43. The van der Waals surface area contributed by atoms with Crippen LogP contribution in [0.4, 0.5) is 0 Å². The Morgan fingerprint density at radius 3 is 2.15 bits per heavy atom. The topological polar surface area (TPSA) is 34.1 Å². The fraction of sp³-hybridized carbons (Fsp3) is 0.667. The summed E-state index contributed by atoms with van der Waals surface area (Å²) in [4.78, 5) is 25.5. The Morgan fingerprint density at radius 1 is 0.950 bits per heavy atom. The van der Waals surface area contributed by atoms with Gasteiger partial charge in [-0.1, -0.05) is 45.9 Å². The number of fused-ring (bicyclic) bond motifs is 1. The largest absolute Gasteiger partial charge is 0.298 e. The van der Waals surface area contributed by atoms with E-state index in [1.165, 1.54) is 0 Å². The quantitative estimate of drug-likeness (QED) is 0.632. The number of hydrogen-bond donors (Lipinski definition) is 0. The summed E-state index contributed by atoms with van der Waals surface area (Å²) < 4.78 is 0. The lowest BCUT2D eigenvalue weighted by atomic mass is 9.40. The van der Waals surface area contributed by atoms with Gasteiger partial charge in [-0.2, -0.15) is 0 Å². The van der Waals surface area contributed by atoms with Crippen LogP contribution in [0.1, 0.15) is 41.5 Å². The molecule has 0 aromatic heterocycles. The number of Topliss-reactive ketones (excluding diaryl/α,β-unsaturated/α-hetero) is 2. The Bertz CT molecular complexity index is 576. The summed E-state index contributed by atoms with van der Waals surface area (Å²) in [6.45, 7) is 12.2. The van der Waals surface area contributed by atoms with E-state index in [1.807, 2.05) is 20.8 Å². The van der Waals surface area contributed by atoms with Crippen LogP contribution in [0.2, 0.25) is 0 Å². The van der Waals surface area contributed by atoms with E-state index < -0.39 is 10.8 Å². The maximum absolute atomic E-state index is 12.9. The van der Waals surface area contributed by atoms with Gasteiger partial charge >= 0.3 is 0 Å². The SMILES string of the molecule is CC1=C[C@@H]2[C@@H]([C@@H]3C=C[C@@]2(C)C(=O)C3(C)C)C(C)(C)C1=O. The van der Waals surface area contributed by atoms with Crippen molar-refractivity contribution in [2.75, 3.05) is 0 Å². The molecule has 1 fully saturated rings. The van der Waals surface area contributed by atoms with Crippen LogP contribution in [-0.2, 0) is 9.59 Å². The molecule has 0 heterocycles. The molecule has 0 aromatic carbocycles. The highest BCUT2D eigenvalue weighted by Gasteiger charge is 2.65. The minimum absolute atomic E-state index is 0.158. The van der Waals surface area contributed by atoms with Crippen LogP contribution in [0.3, 0.4) is 0 Å². The van der Waals surface area contributed by atoms with Gasteiger partial charge in [-0.05, 0) is 37.2 Å². The zero-order valence-corrected chi connectivity index (χ0v) is 13.3. The maximum Gasteiger partial charge on any atom is 0.164 e. The molecule has 0 aromatic rings. The lowest BCUT2D eigenvalue weighted by Crippen LogP contribution is -2.63. The summed E-state index contributed by atoms with van der Waals surface area (Å²) >= 11 is 0. The predicted octanol–water partition coefficient (Wildman–Crippen LogP) is 3.58. The minimum atomic E-state index is -0.456. The van der Waals surface area contributed by atoms with Crippen LogP contribution in [0, 0.1) is 34.0 Å². The number of allylic oxidation sites excluding steroid dienone is 4. The molecule has 2 nitrogen and oxygen atoms in total. The highest BCUT2D eigenvalue weighted by molar-refractivity contribution is 6.02. The molecule has 0 amide bonds. The molecule has 0 radical (unpaired) electrons. The van der Waals surface area contributed by atoms with Gasteiger partial charge in [0.25, 0.3) is 0 Å². The molecule has 1 saturated carbocycles. The van der Waals surface area contributed by atoms with Gasteiger partial charge in [0.05, 0.1) is 5.41 Å². The van der Waals surface area contributed by atoms with Crippen molar-refractivity contribution >= 4 is 11.6 Å². The first kappa shape index (κ1) is 13.8. The molecular weight excluding hydrogens is 248 g/mol. The third-order valence-electron chi connectivity index (χ3n) is 6.23. The van der Waals surface area contributed by atoms with Gasteiger partial charge in [0.1, 0.15) is 5.78 Å². The van der Waals surface area contributed by atoms with Crippen LogP contribution < -0.4 is 0 Å². The van der Waals surface area contributed by atoms with Crippen LogP contribution >= 0.6 is 0 Å². The molecule has 0 spiro atoms. The Balaban J connectivity index is 2.27. The zero-order chi connectivity index (χ0) is 15.1. The van der Waals surface area contributed by atoms with Crippen molar-refractivity contribution in [3.63, 3.8) is 0 Å². The average Bonchev–Trinajstić information content (AvgIpc) is 2.35. The fourth-order valence-electron chi connectivity index (χ4n) is 5.07. The first-order chi connectivity index (χ1) is 9.04. The van der Waals surface area contributed by atoms with Crippen molar-refractivity contribution in [2.24, 2.45) is 34.0 Å². The number of carbonyl (C=O) groups excluding carboxylic acids is 2. The van der Waals surface area contributed by atoms with E-state index in [2.05, 4.69) is 39.0 Å². The van der Waals surface area contributed by atoms with Gasteiger partial charge in [-0.3, -0.25) is 9.59 Å². The summed E-state index contributed by atoms with van der Waals surface area (Å²) in [7, 11) is 0. The molecule has 20 heavy (non-hydrogen) atoms. The highest BCUT2D eigenvalue weighted by Crippen LogP contribution is 2.64. The lowest BCUT2D eigenvalue weighted by Gasteiger charge is -2.61. The Morgan fingerprint density at radius 2 is 1.55 bits per heavy atom. The summed E-state index contributed by atoms with van der Waals surface area (Å²) in [6.07, 6.45) is 6.37. The second-order valence-corrected chi connectivity index (χ2v) is 8.17. The molecule has 2 bridgehead atoms. The van der Waals surface area contributed by atoms with Crippen molar-refractivity contribution in [1.29, 1.82) is 0 Å². The monoisotopic (exact) mass is 272 g/mol. The predicted molar refractivity (Wildman–Crippen MR) is 79.1 cm³/mol. The van der Waals surface area contributed by atoms with E-state index in [1.54, 1.807) is 0 Å². The third-order valence-corrected chi connectivity index (χ3v) is 6.23. The second kappa shape index (κ2) is 3.52. The first-order valence-corrected chi connectivity index (χ1v) is 7.52. The summed E-state index contributed by atoms with van der Waals surface area (Å²) in [5, 5.41) is 0. The van der Waals surface area contributed by atoms with Crippen LogP contribution in [0.25, 0.3) is 0 Å². The van der Waals surface area contributed by atoms with Gasteiger partial charge in [0, 0.05) is 10.8 Å². The number of ketones is 2. The van der Waals surface area contributed by atoms with Gasteiger partial charge in [-0.15, -0.1) is 0 Å². The van der Waals surface area contributed by atoms with Crippen molar-refractivity contribution in [3.8, 4) is 0 Å².